The second kappa shape index (κ2) is 12.7. The van der Waals surface area contributed by atoms with E-state index in [-0.39, 0.29) is 17.9 Å². The number of aryl methyl sites for hydroxylation is 1. The summed E-state index contributed by atoms with van der Waals surface area (Å²) in [7, 11) is 0. The van der Waals surface area contributed by atoms with Crippen molar-refractivity contribution in [3.05, 3.63) is 71.3 Å². The fourth-order valence-electron chi connectivity index (χ4n) is 4.24. The number of rotatable bonds is 11. The van der Waals surface area contributed by atoms with Gasteiger partial charge in [-0.15, -0.1) is 0 Å². The minimum atomic E-state index is -0.427. The first kappa shape index (κ1) is 24.4. The van der Waals surface area contributed by atoms with Crippen molar-refractivity contribution >= 4 is 23.6 Å². The van der Waals surface area contributed by atoms with Crippen LogP contribution in [0.2, 0.25) is 0 Å². The van der Waals surface area contributed by atoms with Crippen molar-refractivity contribution in [2.75, 3.05) is 5.75 Å². The topological polar surface area (TPSA) is 49.4 Å². The molecule has 1 saturated carbocycles. The highest BCUT2D eigenvalue weighted by Crippen LogP contribution is 2.20. The summed E-state index contributed by atoms with van der Waals surface area (Å²) in [5.74, 6) is 1.70. The second-order valence-electron chi connectivity index (χ2n) is 8.71. The van der Waals surface area contributed by atoms with Crippen molar-refractivity contribution in [1.29, 1.82) is 0 Å². The molecule has 1 N–H and O–H groups in total. The van der Waals surface area contributed by atoms with Gasteiger partial charge in [0.15, 0.2) is 0 Å². The van der Waals surface area contributed by atoms with Crippen molar-refractivity contribution < 1.29 is 9.59 Å². The molecule has 32 heavy (non-hydrogen) atoms. The van der Waals surface area contributed by atoms with E-state index in [0.717, 1.165) is 29.9 Å². The van der Waals surface area contributed by atoms with E-state index in [4.69, 9.17) is 0 Å². The minimum Gasteiger partial charge on any atom is -0.352 e. The Morgan fingerprint density at radius 1 is 1.03 bits per heavy atom. The number of amides is 2. The number of carbonyl (C=O) groups is 2. The molecule has 0 bridgehead atoms. The van der Waals surface area contributed by atoms with Crippen LogP contribution in [0.25, 0.3) is 0 Å². The summed E-state index contributed by atoms with van der Waals surface area (Å²) in [4.78, 5) is 28.2. The molecule has 0 unspecified atom stereocenters. The quantitative estimate of drug-likeness (QED) is 0.459. The number of thioether (sulfide) groups is 1. The fraction of sp³-hybridized carbons (Fsp3) is 0.481. The zero-order chi connectivity index (χ0) is 22.8. The standard InChI is InChI=1S/C27H36N2O2S/c1-3-25(27(31)28-24-11-7-8-12-24)29(19-22-15-13-21(2)14-16-22)26(30)17-18-32-20-23-9-5-4-6-10-23/h4-6,9-10,13-16,24-25H,3,7-8,11-12,17-20H2,1-2H3,(H,28,31)/t25-/m0/s1. The van der Waals surface area contributed by atoms with Crippen molar-refractivity contribution in [3.63, 3.8) is 0 Å². The predicted octanol–water partition coefficient (Wildman–Crippen LogP) is 5.48. The van der Waals surface area contributed by atoms with Gasteiger partial charge in [0.2, 0.25) is 11.8 Å². The molecule has 0 heterocycles. The molecule has 2 aromatic rings. The van der Waals surface area contributed by atoms with Crippen LogP contribution in [0.5, 0.6) is 0 Å². The van der Waals surface area contributed by atoms with Crippen LogP contribution in [-0.2, 0) is 21.9 Å². The van der Waals surface area contributed by atoms with Crippen LogP contribution in [-0.4, -0.2) is 34.6 Å². The maximum atomic E-state index is 13.3. The lowest BCUT2D eigenvalue weighted by Gasteiger charge is -2.31. The number of hydrogen-bond acceptors (Lipinski definition) is 3. The smallest absolute Gasteiger partial charge is 0.243 e. The van der Waals surface area contributed by atoms with Gasteiger partial charge >= 0.3 is 0 Å². The van der Waals surface area contributed by atoms with Crippen LogP contribution in [0.1, 0.15) is 62.1 Å². The van der Waals surface area contributed by atoms with E-state index in [2.05, 4.69) is 48.6 Å². The van der Waals surface area contributed by atoms with Gasteiger partial charge in [0.25, 0.3) is 0 Å². The first-order valence-corrected chi connectivity index (χ1v) is 13.0. The zero-order valence-electron chi connectivity index (χ0n) is 19.4. The molecular weight excluding hydrogens is 416 g/mol. The van der Waals surface area contributed by atoms with Crippen LogP contribution < -0.4 is 5.32 Å². The van der Waals surface area contributed by atoms with E-state index in [1.54, 1.807) is 16.7 Å². The van der Waals surface area contributed by atoms with Crippen LogP contribution in [0.3, 0.4) is 0 Å². The summed E-state index contributed by atoms with van der Waals surface area (Å²) in [6.07, 6.45) is 5.50. The summed E-state index contributed by atoms with van der Waals surface area (Å²) in [6, 6.07) is 18.4. The van der Waals surface area contributed by atoms with E-state index in [1.807, 2.05) is 25.1 Å². The Morgan fingerprint density at radius 3 is 2.38 bits per heavy atom. The molecular formula is C27H36N2O2S. The molecule has 2 aromatic carbocycles. The van der Waals surface area contributed by atoms with Gasteiger partial charge in [0.1, 0.15) is 6.04 Å². The van der Waals surface area contributed by atoms with Gasteiger partial charge in [0, 0.05) is 30.5 Å². The highest BCUT2D eigenvalue weighted by atomic mass is 32.2. The van der Waals surface area contributed by atoms with Gasteiger partial charge < -0.3 is 10.2 Å². The molecule has 1 fully saturated rings. The van der Waals surface area contributed by atoms with Crippen LogP contribution in [0, 0.1) is 6.92 Å². The maximum absolute atomic E-state index is 13.3. The summed E-state index contributed by atoms with van der Waals surface area (Å²) < 4.78 is 0. The van der Waals surface area contributed by atoms with Gasteiger partial charge in [-0.25, -0.2) is 0 Å². The molecule has 0 aliphatic heterocycles. The third kappa shape index (κ3) is 7.40. The lowest BCUT2D eigenvalue weighted by Crippen LogP contribution is -2.51. The first-order chi connectivity index (χ1) is 15.6. The third-order valence-corrected chi connectivity index (χ3v) is 7.16. The summed E-state index contributed by atoms with van der Waals surface area (Å²) in [5, 5.41) is 3.21. The first-order valence-electron chi connectivity index (χ1n) is 11.8. The van der Waals surface area contributed by atoms with Crippen molar-refractivity contribution in [2.24, 2.45) is 0 Å². The highest BCUT2D eigenvalue weighted by Gasteiger charge is 2.30. The lowest BCUT2D eigenvalue weighted by atomic mass is 10.1. The lowest BCUT2D eigenvalue weighted by molar-refractivity contribution is -0.141. The number of nitrogens with one attached hydrogen (secondary N) is 1. The Kier molecular flexibility index (Phi) is 9.66. The van der Waals surface area contributed by atoms with Crippen LogP contribution >= 0.6 is 11.8 Å². The minimum absolute atomic E-state index is 0.00296. The summed E-state index contributed by atoms with van der Waals surface area (Å²) in [5.41, 5.74) is 3.52. The van der Waals surface area contributed by atoms with Crippen molar-refractivity contribution in [3.8, 4) is 0 Å². The van der Waals surface area contributed by atoms with Crippen molar-refractivity contribution in [2.45, 2.75) is 76.8 Å². The fourth-order valence-corrected chi connectivity index (χ4v) is 5.14. The molecule has 1 atom stereocenters. The molecule has 0 aromatic heterocycles. The molecule has 2 amide bonds. The summed E-state index contributed by atoms with van der Waals surface area (Å²) in [6.45, 7) is 4.53. The van der Waals surface area contributed by atoms with Gasteiger partial charge in [-0.05, 0) is 37.3 Å². The summed E-state index contributed by atoms with van der Waals surface area (Å²) >= 11 is 1.77. The average molecular weight is 453 g/mol. The van der Waals surface area contributed by atoms with E-state index >= 15 is 0 Å². The van der Waals surface area contributed by atoms with Gasteiger partial charge in [0.05, 0.1) is 0 Å². The number of nitrogens with zero attached hydrogens (tertiary/aromatic N) is 1. The largest absolute Gasteiger partial charge is 0.352 e. The molecule has 172 valence electrons. The van der Waals surface area contributed by atoms with Gasteiger partial charge in [-0.3, -0.25) is 9.59 Å². The van der Waals surface area contributed by atoms with E-state index < -0.39 is 6.04 Å². The number of benzene rings is 2. The number of carbonyl (C=O) groups excluding carboxylic acids is 2. The van der Waals surface area contributed by atoms with E-state index in [9.17, 15) is 9.59 Å². The molecule has 0 spiro atoms. The molecule has 4 nitrogen and oxygen atoms in total. The SMILES string of the molecule is CC[C@@H](C(=O)NC1CCCC1)N(Cc1ccc(C)cc1)C(=O)CCSCc1ccccc1. The predicted molar refractivity (Wildman–Crippen MR) is 133 cm³/mol. The van der Waals surface area contributed by atoms with Crippen LogP contribution in [0.4, 0.5) is 0 Å². The van der Waals surface area contributed by atoms with E-state index in [1.165, 1.54) is 24.0 Å². The zero-order valence-corrected chi connectivity index (χ0v) is 20.2. The van der Waals surface area contributed by atoms with Crippen molar-refractivity contribution in [1.82, 2.24) is 10.2 Å². The molecule has 1 aliphatic rings. The average Bonchev–Trinajstić information content (AvgIpc) is 3.31. The molecule has 1 aliphatic carbocycles. The second-order valence-corrected chi connectivity index (χ2v) is 9.81. The van der Waals surface area contributed by atoms with Gasteiger partial charge in [-0.2, -0.15) is 11.8 Å². The Balaban J connectivity index is 1.64. The van der Waals surface area contributed by atoms with Crippen LogP contribution in [0.15, 0.2) is 54.6 Å². The normalized spacial score (nSPS) is 14.8. The molecule has 3 rings (SSSR count). The molecule has 0 saturated heterocycles. The Morgan fingerprint density at radius 2 is 1.72 bits per heavy atom. The number of hydrogen-bond donors (Lipinski definition) is 1. The Bertz CT molecular complexity index is 848. The Labute approximate surface area is 197 Å². The Hall–Kier alpha value is -2.27. The molecule has 0 radical (unpaired) electrons. The third-order valence-electron chi connectivity index (χ3n) is 6.13. The maximum Gasteiger partial charge on any atom is 0.243 e. The van der Waals surface area contributed by atoms with Gasteiger partial charge in [-0.1, -0.05) is 79.9 Å². The highest BCUT2D eigenvalue weighted by molar-refractivity contribution is 7.98. The monoisotopic (exact) mass is 452 g/mol. The van der Waals surface area contributed by atoms with E-state index in [0.29, 0.717) is 19.4 Å². The molecule has 5 heteroatoms.